The number of pyridine rings is 1. The maximum absolute atomic E-state index is 13.0. The zero-order valence-electron chi connectivity index (χ0n) is 15.4. The number of carbonyl (C=O) groups is 2. The van der Waals surface area contributed by atoms with E-state index in [1.54, 1.807) is 33.7 Å². The first kappa shape index (κ1) is 18.2. The van der Waals surface area contributed by atoms with E-state index in [1.165, 1.54) is 12.1 Å². The Kier molecular flexibility index (Phi) is 5.06. The standard InChI is InChI=1S/C21H21FN4O2/c22-16-9-7-15(8-10-16)14-23-20(27)18-17-6-2-5-13-26(17)19(24-18)21(28)25-11-3-1-4-12-25/h2,5-10,13H,1,3-4,11-12,14H2,(H,23,27). The van der Waals surface area contributed by atoms with Gasteiger partial charge in [-0.3, -0.25) is 14.0 Å². The van der Waals surface area contributed by atoms with E-state index in [0.717, 1.165) is 24.8 Å². The summed E-state index contributed by atoms with van der Waals surface area (Å²) in [5, 5.41) is 2.80. The molecule has 1 aliphatic rings. The quantitative estimate of drug-likeness (QED) is 0.757. The first-order valence-corrected chi connectivity index (χ1v) is 9.42. The van der Waals surface area contributed by atoms with E-state index in [-0.39, 0.29) is 35.7 Å². The number of aromatic nitrogens is 2. The molecule has 0 aliphatic carbocycles. The Bertz CT molecular complexity index is 1010. The Morgan fingerprint density at radius 1 is 1.04 bits per heavy atom. The molecular formula is C21H21FN4O2. The number of nitrogens with one attached hydrogen (secondary N) is 1. The highest BCUT2D eigenvalue weighted by Gasteiger charge is 2.25. The minimum Gasteiger partial charge on any atom is -0.347 e. The lowest BCUT2D eigenvalue weighted by atomic mass is 10.1. The van der Waals surface area contributed by atoms with E-state index in [1.807, 2.05) is 12.1 Å². The van der Waals surface area contributed by atoms with Gasteiger partial charge in [-0.15, -0.1) is 0 Å². The lowest BCUT2D eigenvalue weighted by Gasteiger charge is -2.25. The summed E-state index contributed by atoms with van der Waals surface area (Å²) in [6, 6.07) is 11.3. The zero-order chi connectivity index (χ0) is 19.5. The first-order chi connectivity index (χ1) is 13.6. The minimum atomic E-state index is -0.370. The lowest BCUT2D eigenvalue weighted by Crippen LogP contribution is -2.36. The molecule has 1 N–H and O–H groups in total. The summed E-state index contributed by atoms with van der Waals surface area (Å²) in [4.78, 5) is 31.8. The van der Waals surface area contributed by atoms with E-state index < -0.39 is 0 Å². The van der Waals surface area contributed by atoms with Gasteiger partial charge in [0.25, 0.3) is 11.8 Å². The van der Waals surface area contributed by atoms with E-state index in [9.17, 15) is 14.0 Å². The van der Waals surface area contributed by atoms with Gasteiger partial charge in [0.15, 0.2) is 5.69 Å². The normalized spacial score (nSPS) is 14.2. The van der Waals surface area contributed by atoms with Crippen molar-refractivity contribution in [3.8, 4) is 0 Å². The van der Waals surface area contributed by atoms with Gasteiger partial charge >= 0.3 is 0 Å². The molecule has 0 atom stereocenters. The Labute approximate surface area is 162 Å². The van der Waals surface area contributed by atoms with Gasteiger partial charge in [0.1, 0.15) is 5.82 Å². The average Bonchev–Trinajstić information content (AvgIpc) is 3.13. The van der Waals surface area contributed by atoms with Crippen LogP contribution in [0.1, 0.15) is 45.9 Å². The molecule has 0 radical (unpaired) electrons. The maximum Gasteiger partial charge on any atom is 0.290 e. The summed E-state index contributed by atoms with van der Waals surface area (Å²) in [5.74, 6) is -0.593. The van der Waals surface area contributed by atoms with Crippen LogP contribution in [0.5, 0.6) is 0 Å². The van der Waals surface area contributed by atoms with Crippen molar-refractivity contribution in [1.29, 1.82) is 0 Å². The molecule has 0 bridgehead atoms. The summed E-state index contributed by atoms with van der Waals surface area (Å²) in [6.45, 7) is 1.68. The lowest BCUT2D eigenvalue weighted by molar-refractivity contribution is 0.0711. The van der Waals surface area contributed by atoms with Crippen LogP contribution in [-0.4, -0.2) is 39.2 Å². The highest BCUT2D eigenvalue weighted by molar-refractivity contribution is 6.02. The number of imidazole rings is 1. The molecular weight excluding hydrogens is 359 g/mol. The molecule has 6 nitrogen and oxygen atoms in total. The van der Waals surface area contributed by atoms with Crippen molar-refractivity contribution in [2.45, 2.75) is 25.8 Å². The molecule has 144 valence electrons. The fraction of sp³-hybridized carbons (Fsp3) is 0.286. The number of benzene rings is 1. The van der Waals surface area contributed by atoms with Gasteiger partial charge in [0.2, 0.25) is 5.82 Å². The van der Waals surface area contributed by atoms with Gasteiger partial charge < -0.3 is 10.2 Å². The molecule has 7 heteroatoms. The van der Waals surface area contributed by atoms with Crippen LogP contribution in [0.4, 0.5) is 4.39 Å². The second-order valence-electron chi connectivity index (χ2n) is 6.90. The summed E-state index contributed by atoms with van der Waals surface area (Å²) in [7, 11) is 0. The molecule has 1 aromatic carbocycles. The molecule has 2 amide bonds. The van der Waals surface area contributed by atoms with Crippen LogP contribution in [0.25, 0.3) is 5.52 Å². The smallest absolute Gasteiger partial charge is 0.290 e. The number of hydrogen-bond acceptors (Lipinski definition) is 3. The minimum absolute atomic E-state index is 0.154. The average molecular weight is 380 g/mol. The Balaban J connectivity index is 1.59. The summed E-state index contributed by atoms with van der Waals surface area (Å²) >= 11 is 0. The van der Waals surface area contributed by atoms with Gasteiger partial charge in [-0.25, -0.2) is 9.37 Å². The van der Waals surface area contributed by atoms with Gasteiger partial charge in [-0.1, -0.05) is 18.2 Å². The monoisotopic (exact) mass is 380 g/mol. The molecule has 1 aliphatic heterocycles. The van der Waals surface area contributed by atoms with Crippen molar-refractivity contribution in [3.63, 3.8) is 0 Å². The van der Waals surface area contributed by atoms with Crippen LogP contribution in [0, 0.1) is 5.82 Å². The summed E-state index contributed by atoms with van der Waals surface area (Å²) in [6.07, 6.45) is 4.85. The number of rotatable bonds is 4. The number of fused-ring (bicyclic) bond motifs is 1. The molecule has 0 spiro atoms. The number of likely N-dealkylation sites (tertiary alicyclic amines) is 1. The van der Waals surface area contributed by atoms with Crippen molar-refractivity contribution in [3.05, 3.63) is 71.6 Å². The second kappa shape index (κ2) is 7.80. The van der Waals surface area contributed by atoms with Crippen molar-refractivity contribution in [2.75, 3.05) is 13.1 Å². The third-order valence-corrected chi connectivity index (χ3v) is 4.96. The number of carbonyl (C=O) groups excluding carboxylic acids is 2. The third-order valence-electron chi connectivity index (χ3n) is 4.96. The molecule has 0 unspecified atom stereocenters. The number of amides is 2. The predicted octanol–water partition coefficient (Wildman–Crippen LogP) is 3.03. The summed E-state index contributed by atoms with van der Waals surface area (Å²) in [5.41, 5.74) is 1.57. The van der Waals surface area contributed by atoms with E-state index in [0.29, 0.717) is 18.6 Å². The van der Waals surface area contributed by atoms with Crippen molar-refractivity contribution in [2.24, 2.45) is 0 Å². The van der Waals surface area contributed by atoms with E-state index in [2.05, 4.69) is 10.3 Å². The highest BCUT2D eigenvalue weighted by Crippen LogP contribution is 2.17. The summed E-state index contributed by atoms with van der Waals surface area (Å²) < 4.78 is 14.7. The molecule has 1 saturated heterocycles. The number of hydrogen-bond donors (Lipinski definition) is 1. The van der Waals surface area contributed by atoms with Crippen LogP contribution in [0.15, 0.2) is 48.7 Å². The van der Waals surface area contributed by atoms with Crippen LogP contribution < -0.4 is 5.32 Å². The number of piperidine rings is 1. The number of nitrogens with zero attached hydrogens (tertiary/aromatic N) is 3. The van der Waals surface area contributed by atoms with Gasteiger partial charge in [-0.05, 0) is 49.1 Å². The largest absolute Gasteiger partial charge is 0.347 e. The first-order valence-electron chi connectivity index (χ1n) is 9.42. The topological polar surface area (TPSA) is 66.7 Å². The van der Waals surface area contributed by atoms with Crippen LogP contribution >= 0.6 is 0 Å². The Morgan fingerprint density at radius 2 is 1.79 bits per heavy atom. The Morgan fingerprint density at radius 3 is 2.54 bits per heavy atom. The molecule has 4 rings (SSSR count). The van der Waals surface area contributed by atoms with Crippen molar-refractivity contribution >= 4 is 17.3 Å². The molecule has 3 heterocycles. The predicted molar refractivity (Wildman–Crippen MR) is 103 cm³/mol. The van der Waals surface area contributed by atoms with E-state index >= 15 is 0 Å². The van der Waals surface area contributed by atoms with Gasteiger partial charge in [-0.2, -0.15) is 0 Å². The van der Waals surface area contributed by atoms with Gasteiger partial charge in [0.05, 0.1) is 5.52 Å². The van der Waals surface area contributed by atoms with Gasteiger partial charge in [0, 0.05) is 25.8 Å². The third kappa shape index (κ3) is 3.60. The fourth-order valence-corrected chi connectivity index (χ4v) is 3.46. The molecule has 2 aromatic heterocycles. The van der Waals surface area contributed by atoms with E-state index in [4.69, 9.17) is 0 Å². The molecule has 1 fully saturated rings. The van der Waals surface area contributed by atoms with Crippen molar-refractivity contribution in [1.82, 2.24) is 19.6 Å². The zero-order valence-corrected chi connectivity index (χ0v) is 15.4. The maximum atomic E-state index is 13.0. The van der Waals surface area contributed by atoms with Crippen LogP contribution in [-0.2, 0) is 6.54 Å². The molecule has 0 saturated carbocycles. The van der Waals surface area contributed by atoms with Crippen LogP contribution in [0.2, 0.25) is 0 Å². The molecule has 28 heavy (non-hydrogen) atoms. The SMILES string of the molecule is O=C(NCc1ccc(F)cc1)c1nc(C(=O)N2CCCCC2)n2ccccc12. The molecule has 3 aromatic rings. The highest BCUT2D eigenvalue weighted by atomic mass is 19.1. The number of halogens is 1. The fourth-order valence-electron chi connectivity index (χ4n) is 3.46. The van der Waals surface area contributed by atoms with Crippen molar-refractivity contribution < 1.29 is 14.0 Å². The van der Waals surface area contributed by atoms with Crippen LogP contribution in [0.3, 0.4) is 0 Å². The second-order valence-corrected chi connectivity index (χ2v) is 6.90. The Hall–Kier alpha value is -3.22.